The Labute approximate surface area is 171 Å². The maximum absolute atomic E-state index is 11.6. The van der Waals surface area contributed by atoms with Crippen LogP contribution in [0.1, 0.15) is 23.0 Å². The normalized spacial score (nSPS) is 15.9. The number of nitrogens with one attached hydrogen (secondary N) is 2. The van der Waals surface area contributed by atoms with Crippen molar-refractivity contribution in [3.8, 4) is 5.75 Å². The number of thioether (sulfide) groups is 1. The standard InChI is InChI=1S/C20H18N6O2S/c21-14(8-12-4-2-1-3-5-12)19-23-24-20-26(19)25-16(11-29-20)13-6-7-17-15(9-13)22-18(27)10-28-17/h1-7,9,11,14,25H,8,10,21H2,(H,22,27)/t14-/m0/s1. The van der Waals surface area contributed by atoms with Crippen molar-refractivity contribution in [1.82, 2.24) is 14.9 Å². The molecule has 4 N–H and O–H groups in total. The van der Waals surface area contributed by atoms with Crippen LogP contribution in [-0.4, -0.2) is 27.4 Å². The van der Waals surface area contributed by atoms with Crippen molar-refractivity contribution in [2.75, 3.05) is 17.3 Å². The number of nitrogens with two attached hydrogens (primary N) is 1. The minimum atomic E-state index is -0.303. The van der Waals surface area contributed by atoms with Crippen molar-refractivity contribution in [3.05, 3.63) is 70.9 Å². The van der Waals surface area contributed by atoms with E-state index in [4.69, 9.17) is 10.5 Å². The van der Waals surface area contributed by atoms with Crippen molar-refractivity contribution in [3.63, 3.8) is 0 Å². The Balaban J connectivity index is 1.39. The van der Waals surface area contributed by atoms with Gasteiger partial charge in [-0.1, -0.05) is 42.1 Å². The molecule has 29 heavy (non-hydrogen) atoms. The van der Waals surface area contributed by atoms with Crippen LogP contribution in [-0.2, 0) is 11.2 Å². The van der Waals surface area contributed by atoms with E-state index in [1.54, 1.807) is 0 Å². The summed E-state index contributed by atoms with van der Waals surface area (Å²) in [7, 11) is 0. The number of amides is 1. The van der Waals surface area contributed by atoms with E-state index in [-0.39, 0.29) is 18.6 Å². The fraction of sp³-hybridized carbons (Fsp3) is 0.150. The highest BCUT2D eigenvalue weighted by atomic mass is 32.2. The lowest BCUT2D eigenvalue weighted by Crippen LogP contribution is -2.26. The minimum absolute atomic E-state index is 0.0376. The first kappa shape index (κ1) is 17.8. The highest BCUT2D eigenvalue weighted by Gasteiger charge is 2.24. The Morgan fingerprint density at radius 2 is 2.07 bits per heavy atom. The van der Waals surface area contributed by atoms with Gasteiger partial charge in [-0.25, -0.2) is 4.68 Å². The lowest BCUT2D eigenvalue weighted by atomic mass is 10.1. The van der Waals surface area contributed by atoms with Gasteiger partial charge in [-0.05, 0) is 30.2 Å². The SMILES string of the molecule is N[C@@H](Cc1ccccc1)c1nnc2n1NC(c1ccc3c(c1)NC(=O)CO3)=CS2. The minimum Gasteiger partial charge on any atom is -0.482 e. The van der Waals surface area contributed by atoms with Gasteiger partial charge in [-0.2, -0.15) is 0 Å². The van der Waals surface area contributed by atoms with Crippen molar-refractivity contribution < 1.29 is 9.53 Å². The van der Waals surface area contributed by atoms with Gasteiger partial charge >= 0.3 is 0 Å². The first-order valence-electron chi connectivity index (χ1n) is 9.13. The second-order valence-electron chi connectivity index (χ2n) is 6.78. The average Bonchev–Trinajstić information content (AvgIpc) is 3.17. The molecule has 2 aromatic carbocycles. The molecule has 8 nitrogen and oxygen atoms in total. The molecule has 9 heteroatoms. The van der Waals surface area contributed by atoms with Gasteiger partial charge < -0.3 is 15.8 Å². The van der Waals surface area contributed by atoms with Crippen LogP contribution in [0.4, 0.5) is 5.69 Å². The number of benzene rings is 2. The second-order valence-corrected chi connectivity index (χ2v) is 7.62. The molecule has 3 aromatic rings. The lowest BCUT2D eigenvalue weighted by Gasteiger charge is -2.23. The van der Waals surface area contributed by atoms with Crippen molar-refractivity contribution in [2.45, 2.75) is 17.6 Å². The van der Waals surface area contributed by atoms with Crippen LogP contribution >= 0.6 is 11.8 Å². The number of aromatic nitrogens is 3. The zero-order valence-corrected chi connectivity index (χ0v) is 16.1. The number of anilines is 1. The maximum atomic E-state index is 11.6. The van der Waals surface area contributed by atoms with Gasteiger partial charge in [-0.15, -0.1) is 10.2 Å². The van der Waals surface area contributed by atoms with Crippen LogP contribution in [0.2, 0.25) is 0 Å². The largest absolute Gasteiger partial charge is 0.482 e. The molecular formula is C20H18N6O2S. The summed E-state index contributed by atoms with van der Waals surface area (Å²) in [5, 5.41) is 14.1. The molecule has 2 aliphatic heterocycles. The average molecular weight is 406 g/mol. The number of rotatable bonds is 4. The van der Waals surface area contributed by atoms with E-state index in [0.717, 1.165) is 22.0 Å². The number of fused-ring (bicyclic) bond motifs is 2. The molecule has 0 unspecified atom stereocenters. The van der Waals surface area contributed by atoms with E-state index in [1.807, 2.05) is 58.6 Å². The van der Waals surface area contributed by atoms with E-state index in [0.29, 0.717) is 23.7 Å². The summed E-state index contributed by atoms with van der Waals surface area (Å²) in [6.07, 6.45) is 0.659. The molecule has 0 fully saturated rings. The molecular weight excluding hydrogens is 388 g/mol. The molecule has 1 aromatic heterocycles. The monoisotopic (exact) mass is 406 g/mol. The number of hydrogen-bond donors (Lipinski definition) is 3. The number of nitrogens with zero attached hydrogens (tertiary/aromatic N) is 3. The van der Waals surface area contributed by atoms with Crippen LogP contribution in [0.5, 0.6) is 5.75 Å². The van der Waals surface area contributed by atoms with Gasteiger partial charge in [0, 0.05) is 11.0 Å². The molecule has 3 heterocycles. The van der Waals surface area contributed by atoms with E-state index < -0.39 is 0 Å². The summed E-state index contributed by atoms with van der Waals surface area (Å²) in [5.74, 6) is 1.16. The maximum Gasteiger partial charge on any atom is 0.262 e. The fourth-order valence-electron chi connectivity index (χ4n) is 3.30. The number of carbonyl (C=O) groups is 1. The quantitative estimate of drug-likeness (QED) is 0.611. The second kappa shape index (κ2) is 7.26. The van der Waals surface area contributed by atoms with Crippen LogP contribution < -0.4 is 21.2 Å². The molecule has 0 saturated carbocycles. The Kier molecular flexibility index (Phi) is 4.45. The molecule has 1 amide bonds. The van der Waals surface area contributed by atoms with Gasteiger partial charge in [0.2, 0.25) is 5.16 Å². The van der Waals surface area contributed by atoms with Crippen LogP contribution in [0.25, 0.3) is 5.70 Å². The molecule has 0 radical (unpaired) electrons. The molecule has 0 aliphatic carbocycles. The first-order valence-corrected chi connectivity index (χ1v) is 10.0. The van der Waals surface area contributed by atoms with E-state index >= 15 is 0 Å². The third-order valence-electron chi connectivity index (χ3n) is 4.73. The summed E-state index contributed by atoms with van der Waals surface area (Å²) in [6, 6.07) is 15.4. The number of ether oxygens (including phenoxy) is 1. The summed E-state index contributed by atoms with van der Waals surface area (Å²) < 4.78 is 7.25. The van der Waals surface area contributed by atoms with E-state index in [2.05, 4.69) is 20.9 Å². The van der Waals surface area contributed by atoms with Gasteiger partial charge in [0.05, 0.1) is 17.4 Å². The van der Waals surface area contributed by atoms with Crippen LogP contribution in [0.3, 0.4) is 0 Å². The zero-order valence-electron chi connectivity index (χ0n) is 15.3. The molecule has 2 aliphatic rings. The fourth-order valence-corrected chi connectivity index (χ4v) is 4.05. The Bertz CT molecular complexity index is 1110. The Morgan fingerprint density at radius 3 is 2.93 bits per heavy atom. The summed E-state index contributed by atoms with van der Waals surface area (Å²) in [4.78, 5) is 11.6. The number of hydrogen-bond acceptors (Lipinski definition) is 7. The molecule has 0 spiro atoms. The lowest BCUT2D eigenvalue weighted by molar-refractivity contribution is -0.118. The predicted molar refractivity (Wildman–Crippen MR) is 111 cm³/mol. The van der Waals surface area contributed by atoms with Crippen molar-refractivity contribution in [1.29, 1.82) is 0 Å². The van der Waals surface area contributed by atoms with E-state index in [1.165, 1.54) is 11.8 Å². The molecule has 5 rings (SSSR count). The molecule has 1 atom stereocenters. The molecule has 146 valence electrons. The Hall–Kier alpha value is -3.30. The Morgan fingerprint density at radius 1 is 1.21 bits per heavy atom. The van der Waals surface area contributed by atoms with Crippen molar-refractivity contribution in [2.24, 2.45) is 5.73 Å². The van der Waals surface area contributed by atoms with Gasteiger partial charge in [0.25, 0.3) is 5.91 Å². The number of carbonyl (C=O) groups excluding carboxylic acids is 1. The summed E-state index contributed by atoms with van der Waals surface area (Å²) in [6.45, 7) is 0.0376. The van der Waals surface area contributed by atoms with Gasteiger partial charge in [0.15, 0.2) is 12.4 Å². The smallest absolute Gasteiger partial charge is 0.262 e. The molecule has 0 bridgehead atoms. The predicted octanol–water partition coefficient (Wildman–Crippen LogP) is 2.50. The topological polar surface area (TPSA) is 107 Å². The highest BCUT2D eigenvalue weighted by molar-refractivity contribution is 8.02. The van der Waals surface area contributed by atoms with Crippen molar-refractivity contribution >= 4 is 29.1 Å². The van der Waals surface area contributed by atoms with Gasteiger partial charge in [0.1, 0.15) is 5.75 Å². The third kappa shape index (κ3) is 3.45. The highest BCUT2D eigenvalue weighted by Crippen LogP contribution is 2.34. The van der Waals surface area contributed by atoms with Crippen LogP contribution in [0, 0.1) is 0 Å². The first-order chi connectivity index (χ1) is 14.2. The third-order valence-corrected chi connectivity index (χ3v) is 5.55. The zero-order chi connectivity index (χ0) is 19.8. The van der Waals surface area contributed by atoms with Gasteiger partial charge in [-0.3, -0.25) is 10.2 Å². The van der Waals surface area contributed by atoms with E-state index in [9.17, 15) is 4.79 Å². The molecule has 0 saturated heterocycles. The summed E-state index contributed by atoms with van der Waals surface area (Å²) >= 11 is 1.46. The summed E-state index contributed by atoms with van der Waals surface area (Å²) in [5.41, 5.74) is 13.3. The van der Waals surface area contributed by atoms with Crippen LogP contribution in [0.15, 0.2) is 59.1 Å².